The molecule has 1 aromatic rings. The highest BCUT2D eigenvalue weighted by Crippen LogP contribution is 2.11. The first-order chi connectivity index (χ1) is 8.60. The number of unbranched alkanes of at least 4 members (excludes halogenated alkanes) is 1. The molecule has 0 aliphatic carbocycles. The maximum atomic E-state index is 12.3. The highest BCUT2D eigenvalue weighted by atomic mass is 32.2. The zero-order valence-electron chi connectivity index (χ0n) is 10.9. The van der Waals surface area contributed by atoms with Crippen LogP contribution in [0.3, 0.4) is 0 Å². The van der Waals surface area contributed by atoms with Gasteiger partial charge in [0.15, 0.2) is 0 Å². The Balaban J connectivity index is 2.75. The summed E-state index contributed by atoms with van der Waals surface area (Å²) >= 11 is 0. The van der Waals surface area contributed by atoms with E-state index in [1.54, 1.807) is 0 Å². The fourth-order valence-electron chi connectivity index (χ4n) is 1.74. The van der Waals surface area contributed by atoms with Gasteiger partial charge in [0.25, 0.3) is 0 Å². The number of hydrogen-bond donors (Lipinski definition) is 1. The van der Waals surface area contributed by atoms with Gasteiger partial charge in [-0.1, -0.05) is 43.7 Å². The van der Waals surface area contributed by atoms with Gasteiger partial charge in [-0.15, -0.1) is 0 Å². The second kappa shape index (κ2) is 7.51. The molecule has 0 radical (unpaired) electrons. The molecule has 0 aliphatic heterocycles. The molecule has 0 spiro atoms. The van der Waals surface area contributed by atoms with E-state index in [1.165, 1.54) is 4.31 Å². The van der Waals surface area contributed by atoms with Crippen LogP contribution in [0.4, 0.5) is 0 Å². The van der Waals surface area contributed by atoms with E-state index < -0.39 is 10.0 Å². The molecule has 2 N–H and O–H groups in total. The Morgan fingerprint density at radius 1 is 1.17 bits per heavy atom. The van der Waals surface area contributed by atoms with Gasteiger partial charge < -0.3 is 5.73 Å². The van der Waals surface area contributed by atoms with E-state index in [-0.39, 0.29) is 5.75 Å². The SMILES string of the molecule is CCCCN(CCN)S(=O)(=O)Cc1ccccc1. The molecule has 0 aromatic heterocycles. The Kier molecular flexibility index (Phi) is 6.32. The molecular formula is C13H22N2O2S. The topological polar surface area (TPSA) is 63.4 Å². The highest BCUT2D eigenvalue weighted by Gasteiger charge is 2.20. The third-order valence-corrected chi connectivity index (χ3v) is 4.57. The van der Waals surface area contributed by atoms with E-state index in [0.717, 1.165) is 18.4 Å². The summed E-state index contributed by atoms with van der Waals surface area (Å²) in [6, 6.07) is 9.25. The highest BCUT2D eigenvalue weighted by molar-refractivity contribution is 7.88. The average Bonchev–Trinajstić information content (AvgIpc) is 2.35. The van der Waals surface area contributed by atoms with Crippen LogP contribution in [0.2, 0.25) is 0 Å². The number of sulfonamides is 1. The van der Waals surface area contributed by atoms with Crippen LogP contribution in [0.1, 0.15) is 25.3 Å². The molecule has 5 heteroatoms. The zero-order valence-corrected chi connectivity index (χ0v) is 11.7. The first-order valence-electron chi connectivity index (χ1n) is 6.32. The molecule has 0 saturated heterocycles. The van der Waals surface area contributed by atoms with E-state index in [1.807, 2.05) is 37.3 Å². The van der Waals surface area contributed by atoms with Crippen molar-refractivity contribution >= 4 is 10.0 Å². The van der Waals surface area contributed by atoms with Crippen LogP contribution < -0.4 is 5.73 Å². The van der Waals surface area contributed by atoms with E-state index in [4.69, 9.17) is 5.73 Å². The summed E-state index contributed by atoms with van der Waals surface area (Å²) in [4.78, 5) is 0. The molecule has 0 amide bonds. The molecular weight excluding hydrogens is 248 g/mol. The van der Waals surface area contributed by atoms with Gasteiger partial charge >= 0.3 is 0 Å². The molecule has 1 rings (SSSR count). The molecule has 18 heavy (non-hydrogen) atoms. The fraction of sp³-hybridized carbons (Fsp3) is 0.538. The minimum atomic E-state index is -3.26. The van der Waals surface area contributed by atoms with E-state index in [9.17, 15) is 8.42 Å². The summed E-state index contributed by atoms with van der Waals surface area (Å²) in [6.07, 6.45) is 1.84. The Hall–Kier alpha value is -0.910. The van der Waals surface area contributed by atoms with Crippen LogP contribution >= 0.6 is 0 Å². The van der Waals surface area contributed by atoms with Gasteiger partial charge in [-0.3, -0.25) is 0 Å². The molecule has 102 valence electrons. The lowest BCUT2D eigenvalue weighted by molar-refractivity contribution is 0.409. The Bertz CT molecular complexity index is 432. The van der Waals surface area contributed by atoms with Crippen LogP contribution in [0, 0.1) is 0 Å². The fourth-order valence-corrected chi connectivity index (χ4v) is 3.33. The van der Waals surface area contributed by atoms with Crippen LogP contribution in [0.25, 0.3) is 0 Å². The van der Waals surface area contributed by atoms with Crippen molar-refractivity contribution in [2.24, 2.45) is 5.73 Å². The van der Waals surface area contributed by atoms with Gasteiger partial charge in [0.2, 0.25) is 10.0 Å². The molecule has 4 nitrogen and oxygen atoms in total. The molecule has 0 saturated carbocycles. The lowest BCUT2D eigenvalue weighted by Gasteiger charge is -2.21. The van der Waals surface area contributed by atoms with E-state index in [0.29, 0.717) is 19.6 Å². The Morgan fingerprint density at radius 2 is 1.83 bits per heavy atom. The Morgan fingerprint density at radius 3 is 2.39 bits per heavy atom. The number of hydrogen-bond acceptors (Lipinski definition) is 3. The summed E-state index contributed by atoms with van der Waals surface area (Å²) in [5.74, 6) is 0.0531. The predicted molar refractivity (Wildman–Crippen MR) is 74.6 cm³/mol. The van der Waals surface area contributed by atoms with Crippen molar-refractivity contribution in [1.29, 1.82) is 0 Å². The van der Waals surface area contributed by atoms with Crippen LogP contribution in [-0.4, -0.2) is 32.4 Å². The van der Waals surface area contributed by atoms with Gasteiger partial charge in [-0.25, -0.2) is 12.7 Å². The molecule has 1 aromatic carbocycles. The quantitative estimate of drug-likeness (QED) is 0.780. The van der Waals surface area contributed by atoms with Gasteiger partial charge in [0.1, 0.15) is 0 Å². The standard InChI is InChI=1S/C13H22N2O2S/c1-2-3-10-15(11-9-14)18(16,17)12-13-7-5-4-6-8-13/h4-8H,2-3,9-12,14H2,1H3. The third kappa shape index (κ3) is 4.76. The Labute approximate surface area is 110 Å². The number of nitrogens with two attached hydrogens (primary N) is 1. The third-order valence-electron chi connectivity index (χ3n) is 2.72. The molecule has 0 aliphatic rings. The smallest absolute Gasteiger partial charge is 0.218 e. The molecule has 0 unspecified atom stereocenters. The van der Waals surface area contributed by atoms with Crippen LogP contribution in [0.15, 0.2) is 30.3 Å². The van der Waals surface area contributed by atoms with Crippen molar-refractivity contribution in [2.45, 2.75) is 25.5 Å². The van der Waals surface area contributed by atoms with Crippen LogP contribution in [-0.2, 0) is 15.8 Å². The van der Waals surface area contributed by atoms with Crippen molar-refractivity contribution < 1.29 is 8.42 Å². The molecule has 0 heterocycles. The maximum Gasteiger partial charge on any atom is 0.218 e. The summed E-state index contributed by atoms with van der Waals surface area (Å²) in [6.45, 7) is 3.36. The minimum Gasteiger partial charge on any atom is -0.329 e. The average molecular weight is 270 g/mol. The first-order valence-corrected chi connectivity index (χ1v) is 7.93. The number of benzene rings is 1. The summed E-state index contributed by atoms with van der Waals surface area (Å²) < 4.78 is 26.0. The number of nitrogens with zero attached hydrogens (tertiary/aromatic N) is 1. The van der Waals surface area contributed by atoms with Gasteiger partial charge in [0.05, 0.1) is 5.75 Å². The van der Waals surface area contributed by atoms with Gasteiger partial charge in [-0.2, -0.15) is 0 Å². The van der Waals surface area contributed by atoms with Crippen molar-refractivity contribution in [3.63, 3.8) is 0 Å². The summed E-state index contributed by atoms with van der Waals surface area (Å²) in [5, 5.41) is 0. The number of rotatable bonds is 8. The van der Waals surface area contributed by atoms with Crippen molar-refractivity contribution in [1.82, 2.24) is 4.31 Å². The van der Waals surface area contributed by atoms with Crippen molar-refractivity contribution in [3.05, 3.63) is 35.9 Å². The van der Waals surface area contributed by atoms with E-state index >= 15 is 0 Å². The lowest BCUT2D eigenvalue weighted by atomic mass is 10.2. The zero-order chi connectivity index (χ0) is 13.4. The molecule has 0 bridgehead atoms. The van der Waals surface area contributed by atoms with E-state index in [2.05, 4.69) is 0 Å². The summed E-state index contributed by atoms with van der Waals surface area (Å²) in [7, 11) is -3.26. The second-order valence-corrected chi connectivity index (χ2v) is 6.25. The minimum absolute atomic E-state index is 0.0531. The van der Waals surface area contributed by atoms with Gasteiger partial charge in [-0.05, 0) is 12.0 Å². The molecule has 0 atom stereocenters. The summed E-state index contributed by atoms with van der Waals surface area (Å²) in [5.41, 5.74) is 6.30. The predicted octanol–water partition coefficient (Wildman–Crippen LogP) is 1.58. The normalized spacial score (nSPS) is 11.9. The molecule has 0 fully saturated rings. The van der Waals surface area contributed by atoms with Crippen LogP contribution in [0.5, 0.6) is 0 Å². The van der Waals surface area contributed by atoms with Gasteiger partial charge in [0, 0.05) is 19.6 Å². The van der Waals surface area contributed by atoms with Crippen molar-refractivity contribution in [2.75, 3.05) is 19.6 Å². The maximum absolute atomic E-state index is 12.3. The second-order valence-electron chi connectivity index (χ2n) is 4.28. The largest absolute Gasteiger partial charge is 0.329 e. The monoisotopic (exact) mass is 270 g/mol. The van der Waals surface area contributed by atoms with Crippen molar-refractivity contribution in [3.8, 4) is 0 Å². The first kappa shape index (κ1) is 15.1. The lowest BCUT2D eigenvalue weighted by Crippen LogP contribution is -2.36.